The van der Waals surface area contributed by atoms with Gasteiger partial charge in [0.2, 0.25) is 0 Å². The Morgan fingerprint density at radius 2 is 1.21 bits per heavy atom. The molecule has 0 N–H and O–H groups in total. The number of ether oxygens (including phenoxy) is 1. The molecule has 0 aromatic heterocycles. The molecule has 0 radical (unpaired) electrons. The molecule has 0 bridgehead atoms. The number of unbranched alkanes of at least 4 members (excludes halogenated alkanes) is 7. The summed E-state index contributed by atoms with van der Waals surface area (Å²) in [4.78, 5) is 11.1. The van der Waals surface area contributed by atoms with E-state index in [4.69, 9.17) is 4.74 Å². The predicted octanol–water partition coefficient (Wildman–Crippen LogP) is 6.92. The molecule has 0 unspecified atom stereocenters. The second-order valence-corrected chi connectivity index (χ2v) is 6.13. The summed E-state index contributed by atoms with van der Waals surface area (Å²) in [5.41, 5.74) is 0. The van der Waals surface area contributed by atoms with E-state index in [1.807, 2.05) is 6.92 Å². The summed E-state index contributed by atoms with van der Waals surface area (Å²) in [6.45, 7) is 4.57. The first-order valence-electron chi connectivity index (χ1n) is 9.91. The molecule has 138 valence electrons. The van der Waals surface area contributed by atoms with Gasteiger partial charge in [0.05, 0.1) is 6.61 Å². The van der Waals surface area contributed by atoms with E-state index in [9.17, 15) is 4.79 Å². The summed E-state index contributed by atoms with van der Waals surface area (Å²) >= 11 is 0. The Morgan fingerprint density at radius 1 is 0.708 bits per heavy atom. The Labute approximate surface area is 150 Å². The van der Waals surface area contributed by atoms with Crippen LogP contribution in [0.4, 0.5) is 0 Å². The Bertz CT molecular complexity index is 353. The molecule has 0 spiro atoms. The van der Waals surface area contributed by atoms with Gasteiger partial charge >= 0.3 is 5.97 Å². The van der Waals surface area contributed by atoms with Crippen LogP contribution in [0.3, 0.4) is 0 Å². The van der Waals surface area contributed by atoms with Crippen molar-refractivity contribution in [3.63, 3.8) is 0 Å². The van der Waals surface area contributed by atoms with E-state index in [0.29, 0.717) is 13.0 Å². The highest BCUT2D eigenvalue weighted by molar-refractivity contribution is 5.69. The second-order valence-electron chi connectivity index (χ2n) is 6.13. The van der Waals surface area contributed by atoms with Crippen LogP contribution in [0.5, 0.6) is 0 Å². The van der Waals surface area contributed by atoms with Crippen molar-refractivity contribution in [1.29, 1.82) is 0 Å². The highest BCUT2D eigenvalue weighted by Crippen LogP contribution is 2.05. The summed E-state index contributed by atoms with van der Waals surface area (Å²) in [6.07, 6.45) is 27.1. The van der Waals surface area contributed by atoms with Crippen molar-refractivity contribution < 1.29 is 9.53 Å². The van der Waals surface area contributed by atoms with Crippen molar-refractivity contribution in [3.8, 4) is 0 Å². The average Bonchev–Trinajstić information content (AvgIpc) is 2.58. The van der Waals surface area contributed by atoms with Crippen LogP contribution in [0.1, 0.15) is 90.9 Å². The number of esters is 1. The summed E-state index contributed by atoms with van der Waals surface area (Å²) in [5, 5.41) is 0. The fraction of sp³-hybridized carbons (Fsp3) is 0.682. The fourth-order valence-electron chi connectivity index (χ4n) is 2.38. The molecule has 0 rings (SSSR count). The van der Waals surface area contributed by atoms with Crippen LogP contribution < -0.4 is 0 Å². The average molecular weight is 335 g/mol. The molecular formula is C22H38O2. The van der Waals surface area contributed by atoms with Gasteiger partial charge in [-0.2, -0.15) is 0 Å². The van der Waals surface area contributed by atoms with Crippen molar-refractivity contribution in [1.82, 2.24) is 0 Å². The van der Waals surface area contributed by atoms with Crippen LogP contribution in [-0.2, 0) is 9.53 Å². The van der Waals surface area contributed by atoms with Gasteiger partial charge in [0.25, 0.3) is 0 Å². The first-order chi connectivity index (χ1) is 11.8. The van der Waals surface area contributed by atoms with Crippen LogP contribution in [0.2, 0.25) is 0 Å². The Kier molecular flexibility index (Phi) is 18.7. The minimum atomic E-state index is -0.0755. The smallest absolute Gasteiger partial charge is 0.305 e. The molecule has 0 aliphatic rings. The molecule has 24 heavy (non-hydrogen) atoms. The highest BCUT2D eigenvalue weighted by atomic mass is 16.5. The third-order valence-electron chi connectivity index (χ3n) is 3.80. The van der Waals surface area contributed by atoms with E-state index in [1.165, 1.54) is 44.9 Å². The van der Waals surface area contributed by atoms with Crippen molar-refractivity contribution in [3.05, 3.63) is 36.5 Å². The van der Waals surface area contributed by atoms with Gasteiger partial charge in [0.15, 0.2) is 0 Å². The minimum absolute atomic E-state index is 0.0755. The topological polar surface area (TPSA) is 26.3 Å². The quantitative estimate of drug-likeness (QED) is 0.174. The summed E-state index contributed by atoms with van der Waals surface area (Å²) in [7, 11) is 0. The van der Waals surface area contributed by atoms with Crippen LogP contribution in [0, 0.1) is 0 Å². The van der Waals surface area contributed by atoms with E-state index < -0.39 is 0 Å². The summed E-state index contributed by atoms with van der Waals surface area (Å²) in [5.74, 6) is -0.0755. The minimum Gasteiger partial charge on any atom is -0.466 e. The normalized spacial score (nSPS) is 11.9. The lowest BCUT2D eigenvalue weighted by Gasteiger charge is -1.99. The maximum Gasteiger partial charge on any atom is 0.305 e. The van der Waals surface area contributed by atoms with Gasteiger partial charge < -0.3 is 4.74 Å². The molecule has 0 aliphatic heterocycles. The van der Waals surface area contributed by atoms with Crippen molar-refractivity contribution in [2.24, 2.45) is 0 Å². The lowest BCUT2D eigenvalue weighted by Crippen LogP contribution is -2.02. The van der Waals surface area contributed by atoms with E-state index in [0.717, 1.165) is 25.7 Å². The summed E-state index contributed by atoms with van der Waals surface area (Å²) in [6, 6.07) is 0. The van der Waals surface area contributed by atoms with Gasteiger partial charge in [-0.15, -0.1) is 0 Å². The number of carbonyl (C=O) groups excluding carboxylic acids is 1. The molecule has 2 nitrogen and oxygen atoms in total. The fourth-order valence-corrected chi connectivity index (χ4v) is 2.38. The van der Waals surface area contributed by atoms with Gasteiger partial charge in [-0.1, -0.05) is 56.2 Å². The molecule has 0 aromatic carbocycles. The standard InChI is InChI=1S/C22H38O2/c1-3-5-6-7-8-9-10-11-12-13-14-15-16-17-18-19-20-21-22(23)24-4-2/h8-9,11-12,17-18H,3-7,10,13-16,19-21H2,1-2H3/b9-8+,12-11+,18-17+. The van der Waals surface area contributed by atoms with E-state index in [-0.39, 0.29) is 5.97 Å². The van der Waals surface area contributed by atoms with Gasteiger partial charge in [-0.25, -0.2) is 0 Å². The molecule has 0 saturated heterocycles. The first kappa shape index (κ1) is 22.7. The van der Waals surface area contributed by atoms with Crippen molar-refractivity contribution in [2.45, 2.75) is 90.9 Å². The number of carbonyl (C=O) groups is 1. The van der Waals surface area contributed by atoms with Crippen LogP contribution in [0.25, 0.3) is 0 Å². The molecule has 0 heterocycles. The van der Waals surface area contributed by atoms with E-state index >= 15 is 0 Å². The largest absolute Gasteiger partial charge is 0.466 e. The SMILES string of the molecule is CCCCC/C=C/C/C=C/CCCC/C=C/CCCC(=O)OCC. The third-order valence-corrected chi connectivity index (χ3v) is 3.80. The Morgan fingerprint density at radius 3 is 1.75 bits per heavy atom. The number of allylic oxidation sites excluding steroid dienone is 6. The molecule has 0 aliphatic carbocycles. The number of hydrogen-bond donors (Lipinski definition) is 0. The highest BCUT2D eigenvalue weighted by Gasteiger charge is 1.98. The monoisotopic (exact) mass is 334 g/mol. The van der Waals surface area contributed by atoms with E-state index in [2.05, 4.69) is 43.4 Å². The number of rotatable bonds is 16. The first-order valence-corrected chi connectivity index (χ1v) is 9.91. The lowest BCUT2D eigenvalue weighted by atomic mass is 10.1. The van der Waals surface area contributed by atoms with Crippen LogP contribution in [0.15, 0.2) is 36.5 Å². The molecular weight excluding hydrogens is 296 g/mol. The molecule has 0 aromatic rings. The van der Waals surface area contributed by atoms with Crippen molar-refractivity contribution >= 4 is 5.97 Å². The van der Waals surface area contributed by atoms with Crippen LogP contribution in [-0.4, -0.2) is 12.6 Å². The molecule has 0 amide bonds. The Balaban J connectivity index is 3.30. The zero-order valence-electron chi connectivity index (χ0n) is 16.0. The summed E-state index contributed by atoms with van der Waals surface area (Å²) < 4.78 is 4.90. The zero-order valence-corrected chi connectivity index (χ0v) is 16.0. The van der Waals surface area contributed by atoms with Crippen LogP contribution >= 0.6 is 0 Å². The van der Waals surface area contributed by atoms with Crippen molar-refractivity contribution in [2.75, 3.05) is 6.61 Å². The zero-order chi connectivity index (χ0) is 17.7. The van der Waals surface area contributed by atoms with Gasteiger partial charge in [-0.3, -0.25) is 4.79 Å². The molecule has 0 atom stereocenters. The molecule has 0 saturated carbocycles. The lowest BCUT2D eigenvalue weighted by molar-refractivity contribution is -0.143. The van der Waals surface area contributed by atoms with Gasteiger partial charge in [0.1, 0.15) is 0 Å². The maximum atomic E-state index is 11.1. The second kappa shape index (κ2) is 19.7. The van der Waals surface area contributed by atoms with E-state index in [1.54, 1.807) is 0 Å². The third kappa shape index (κ3) is 18.7. The van der Waals surface area contributed by atoms with Gasteiger partial charge in [0, 0.05) is 6.42 Å². The molecule has 0 fully saturated rings. The predicted molar refractivity (Wildman–Crippen MR) is 105 cm³/mol. The Hall–Kier alpha value is -1.31. The maximum absolute atomic E-state index is 11.1. The van der Waals surface area contributed by atoms with Gasteiger partial charge in [-0.05, 0) is 64.7 Å². The molecule has 2 heteroatoms. The number of hydrogen-bond acceptors (Lipinski definition) is 2.